The van der Waals surface area contributed by atoms with Gasteiger partial charge in [-0.2, -0.15) is 0 Å². The number of nitrogens with zero attached hydrogens (tertiary/aromatic N) is 5. The monoisotopic (exact) mass is 416 g/mol. The van der Waals surface area contributed by atoms with Crippen molar-refractivity contribution in [2.45, 2.75) is 32.4 Å². The first-order valence-corrected chi connectivity index (χ1v) is 11.1. The Morgan fingerprint density at radius 2 is 2.00 bits per heavy atom. The summed E-state index contributed by atoms with van der Waals surface area (Å²) in [5.41, 5.74) is 3.63. The van der Waals surface area contributed by atoms with Crippen molar-refractivity contribution < 1.29 is 0 Å². The van der Waals surface area contributed by atoms with Crippen molar-refractivity contribution in [2.75, 3.05) is 26.2 Å². The second-order valence-corrected chi connectivity index (χ2v) is 8.64. The molecule has 1 N–H and O–H groups in total. The molecule has 1 saturated heterocycles. The summed E-state index contributed by atoms with van der Waals surface area (Å²) in [6.07, 6.45) is 8.16. The molecule has 7 heteroatoms. The van der Waals surface area contributed by atoms with E-state index in [1.54, 1.807) is 18.6 Å². The fourth-order valence-corrected chi connectivity index (χ4v) is 4.83. The maximum absolute atomic E-state index is 12.8. The number of rotatable bonds is 5. The highest BCUT2D eigenvalue weighted by Gasteiger charge is 2.26. The van der Waals surface area contributed by atoms with Gasteiger partial charge < -0.3 is 4.98 Å². The van der Waals surface area contributed by atoms with Crippen molar-refractivity contribution in [3.8, 4) is 11.5 Å². The number of hydrogen-bond acceptors (Lipinski definition) is 6. The van der Waals surface area contributed by atoms with Gasteiger partial charge in [-0.3, -0.25) is 19.6 Å². The van der Waals surface area contributed by atoms with E-state index in [0.29, 0.717) is 24.0 Å². The molecule has 2 aromatic heterocycles. The molecule has 0 radical (unpaired) electrons. The summed E-state index contributed by atoms with van der Waals surface area (Å²) in [5.74, 6) is 1.15. The van der Waals surface area contributed by atoms with Crippen molar-refractivity contribution in [1.29, 1.82) is 0 Å². The molecule has 4 heterocycles. The van der Waals surface area contributed by atoms with E-state index >= 15 is 0 Å². The number of aromatic amines is 1. The Morgan fingerprint density at radius 3 is 2.84 bits per heavy atom. The van der Waals surface area contributed by atoms with E-state index in [2.05, 4.69) is 55.1 Å². The summed E-state index contributed by atoms with van der Waals surface area (Å²) in [4.78, 5) is 33.7. The van der Waals surface area contributed by atoms with E-state index in [4.69, 9.17) is 4.98 Å². The van der Waals surface area contributed by atoms with Crippen LogP contribution in [0.2, 0.25) is 0 Å². The Hall–Kier alpha value is -2.90. The summed E-state index contributed by atoms with van der Waals surface area (Å²) >= 11 is 0. The van der Waals surface area contributed by atoms with Crippen LogP contribution < -0.4 is 5.56 Å². The summed E-state index contributed by atoms with van der Waals surface area (Å²) in [6.45, 7) is 5.97. The molecule has 1 atom stereocenters. The van der Waals surface area contributed by atoms with Gasteiger partial charge in [-0.05, 0) is 30.9 Å². The Morgan fingerprint density at radius 1 is 1.10 bits per heavy atom. The highest BCUT2D eigenvalue weighted by atomic mass is 16.1. The van der Waals surface area contributed by atoms with E-state index in [-0.39, 0.29) is 5.56 Å². The molecule has 5 rings (SSSR count). The van der Waals surface area contributed by atoms with Crippen molar-refractivity contribution in [1.82, 2.24) is 29.7 Å². The van der Waals surface area contributed by atoms with Crippen LogP contribution in [0.25, 0.3) is 11.5 Å². The zero-order valence-electron chi connectivity index (χ0n) is 17.7. The molecule has 0 spiro atoms. The normalized spacial score (nSPS) is 19.8. The number of benzene rings is 1. The van der Waals surface area contributed by atoms with Gasteiger partial charge in [-0.1, -0.05) is 30.3 Å². The van der Waals surface area contributed by atoms with Crippen molar-refractivity contribution in [2.24, 2.45) is 5.92 Å². The predicted molar refractivity (Wildman–Crippen MR) is 119 cm³/mol. The van der Waals surface area contributed by atoms with Crippen LogP contribution in [0.15, 0.2) is 53.7 Å². The Labute approximate surface area is 182 Å². The lowest BCUT2D eigenvalue weighted by molar-refractivity contribution is 0.121. The van der Waals surface area contributed by atoms with Gasteiger partial charge in [0.1, 0.15) is 5.69 Å². The number of fused-ring (bicyclic) bond motifs is 1. The van der Waals surface area contributed by atoms with Crippen LogP contribution in [0.1, 0.15) is 29.7 Å². The maximum Gasteiger partial charge on any atom is 0.255 e. The van der Waals surface area contributed by atoms with Gasteiger partial charge in [0.05, 0.1) is 17.5 Å². The quantitative estimate of drug-likeness (QED) is 0.689. The molecule has 31 heavy (non-hydrogen) atoms. The minimum Gasteiger partial charge on any atom is -0.305 e. The number of piperidine rings is 1. The average molecular weight is 417 g/mol. The molecule has 0 saturated carbocycles. The zero-order chi connectivity index (χ0) is 21.0. The smallest absolute Gasteiger partial charge is 0.255 e. The second kappa shape index (κ2) is 9.08. The summed E-state index contributed by atoms with van der Waals surface area (Å²) in [7, 11) is 0. The van der Waals surface area contributed by atoms with E-state index in [9.17, 15) is 4.79 Å². The van der Waals surface area contributed by atoms with E-state index in [0.717, 1.165) is 43.9 Å². The average Bonchev–Trinajstić information content (AvgIpc) is 2.81. The van der Waals surface area contributed by atoms with Gasteiger partial charge >= 0.3 is 0 Å². The van der Waals surface area contributed by atoms with Crippen LogP contribution in [0.4, 0.5) is 0 Å². The molecule has 1 fully saturated rings. The zero-order valence-corrected chi connectivity index (χ0v) is 17.7. The first-order chi connectivity index (χ1) is 15.2. The van der Waals surface area contributed by atoms with Crippen LogP contribution in [0.3, 0.4) is 0 Å². The third-order valence-corrected chi connectivity index (χ3v) is 6.32. The van der Waals surface area contributed by atoms with Gasteiger partial charge in [0, 0.05) is 51.5 Å². The highest BCUT2D eigenvalue weighted by Crippen LogP contribution is 2.23. The third-order valence-electron chi connectivity index (χ3n) is 6.32. The molecule has 0 bridgehead atoms. The molecule has 2 aliphatic rings. The molecule has 3 aromatic rings. The number of hydrogen-bond donors (Lipinski definition) is 1. The summed E-state index contributed by atoms with van der Waals surface area (Å²) in [5, 5.41) is 0. The van der Waals surface area contributed by atoms with Crippen LogP contribution in [0.5, 0.6) is 0 Å². The van der Waals surface area contributed by atoms with E-state index < -0.39 is 0 Å². The Kier molecular flexibility index (Phi) is 5.86. The van der Waals surface area contributed by atoms with Crippen LogP contribution >= 0.6 is 0 Å². The van der Waals surface area contributed by atoms with Gasteiger partial charge in [0.25, 0.3) is 5.56 Å². The minimum absolute atomic E-state index is 0.0512. The molecule has 2 aliphatic heterocycles. The van der Waals surface area contributed by atoms with Gasteiger partial charge in [0.15, 0.2) is 5.82 Å². The molecule has 0 unspecified atom stereocenters. The Bertz CT molecular complexity index is 1070. The van der Waals surface area contributed by atoms with Crippen LogP contribution in [-0.4, -0.2) is 55.9 Å². The summed E-state index contributed by atoms with van der Waals surface area (Å²) in [6, 6.07) is 10.7. The molecule has 1 aromatic carbocycles. The summed E-state index contributed by atoms with van der Waals surface area (Å²) < 4.78 is 0. The van der Waals surface area contributed by atoms with Gasteiger partial charge in [-0.15, -0.1) is 0 Å². The molecule has 0 aliphatic carbocycles. The van der Waals surface area contributed by atoms with Crippen LogP contribution in [-0.2, 0) is 19.5 Å². The number of H-pyrrole nitrogens is 1. The van der Waals surface area contributed by atoms with Crippen LogP contribution in [0, 0.1) is 5.92 Å². The molecule has 0 amide bonds. The van der Waals surface area contributed by atoms with Crippen molar-refractivity contribution in [3.63, 3.8) is 0 Å². The molecular weight excluding hydrogens is 388 g/mol. The van der Waals surface area contributed by atoms with E-state index in [1.165, 1.54) is 24.9 Å². The lowest BCUT2D eigenvalue weighted by Crippen LogP contribution is -2.43. The maximum atomic E-state index is 12.8. The largest absolute Gasteiger partial charge is 0.305 e. The van der Waals surface area contributed by atoms with Gasteiger partial charge in [-0.25, -0.2) is 9.97 Å². The van der Waals surface area contributed by atoms with Crippen molar-refractivity contribution in [3.05, 3.63) is 76.1 Å². The van der Waals surface area contributed by atoms with E-state index in [1.807, 2.05) is 0 Å². The first kappa shape index (κ1) is 20.0. The topological polar surface area (TPSA) is 78.0 Å². The first-order valence-electron chi connectivity index (χ1n) is 11.1. The van der Waals surface area contributed by atoms with Gasteiger partial charge in [0.2, 0.25) is 0 Å². The van der Waals surface area contributed by atoms with Crippen molar-refractivity contribution >= 4 is 0 Å². The number of aromatic nitrogens is 4. The standard InChI is InChI=1S/C24H28N6O/c31-24-20-17-30(12-8-21(20)27-23(28-24)22-13-25-9-10-26-22)16-19-7-4-11-29(15-19)14-18-5-2-1-3-6-18/h1-3,5-6,9-10,13,19H,4,7-8,11-12,14-17H2,(H,27,28,31)/t19-/m0/s1. The fourth-order valence-electron chi connectivity index (χ4n) is 4.83. The predicted octanol–water partition coefficient (Wildman–Crippen LogP) is 2.50. The number of nitrogens with one attached hydrogen (secondary N) is 1. The SMILES string of the molecule is O=c1[nH]c(-c2cnccn2)nc2c1CN(C[C@H]1CCCN(Cc3ccccc3)C1)CC2. The Balaban J connectivity index is 1.23. The molecular formula is C24H28N6O. The fraction of sp³-hybridized carbons (Fsp3) is 0.417. The minimum atomic E-state index is -0.0512. The highest BCUT2D eigenvalue weighted by molar-refractivity contribution is 5.47. The molecule has 160 valence electrons. The lowest BCUT2D eigenvalue weighted by atomic mass is 9.95. The number of likely N-dealkylation sites (tertiary alicyclic amines) is 1. The third kappa shape index (κ3) is 4.73. The lowest BCUT2D eigenvalue weighted by Gasteiger charge is -2.37. The second-order valence-electron chi connectivity index (χ2n) is 8.64. The molecule has 7 nitrogen and oxygen atoms in total.